The molecule has 0 aromatic carbocycles. The fourth-order valence-electron chi connectivity index (χ4n) is 2.05. The summed E-state index contributed by atoms with van der Waals surface area (Å²) in [4.78, 5) is 4.22. The van der Waals surface area contributed by atoms with Crippen LogP contribution < -0.4 is 14.8 Å². The molecule has 15 heavy (non-hydrogen) atoms. The quantitative estimate of drug-likeness (QED) is 0.810. The van der Waals surface area contributed by atoms with E-state index in [0.717, 1.165) is 30.8 Å². The van der Waals surface area contributed by atoms with Gasteiger partial charge in [0.05, 0.1) is 19.8 Å². The Hall–Kier alpha value is -1.29. The van der Waals surface area contributed by atoms with Crippen LogP contribution in [-0.4, -0.2) is 32.3 Å². The molecule has 1 aromatic heterocycles. The smallest absolute Gasteiger partial charge is 0.220 e. The van der Waals surface area contributed by atoms with Crippen LogP contribution in [0.15, 0.2) is 12.3 Å². The van der Waals surface area contributed by atoms with Crippen molar-refractivity contribution in [2.45, 2.75) is 12.3 Å². The van der Waals surface area contributed by atoms with E-state index in [9.17, 15) is 0 Å². The number of nitrogens with one attached hydrogen (secondary N) is 1. The third kappa shape index (κ3) is 1.90. The first-order chi connectivity index (χ1) is 7.36. The van der Waals surface area contributed by atoms with Crippen molar-refractivity contribution in [3.63, 3.8) is 0 Å². The highest BCUT2D eigenvalue weighted by molar-refractivity contribution is 5.43. The zero-order valence-corrected chi connectivity index (χ0v) is 9.12. The van der Waals surface area contributed by atoms with Gasteiger partial charge in [0.15, 0.2) is 0 Å². The van der Waals surface area contributed by atoms with Crippen molar-refractivity contribution in [2.24, 2.45) is 0 Å². The molecule has 1 saturated heterocycles. The fourth-order valence-corrected chi connectivity index (χ4v) is 2.05. The minimum atomic E-state index is 0.448. The van der Waals surface area contributed by atoms with Crippen LogP contribution in [0, 0.1) is 0 Å². The molecular weight excluding hydrogens is 192 g/mol. The monoisotopic (exact) mass is 208 g/mol. The number of aromatic nitrogens is 1. The van der Waals surface area contributed by atoms with Gasteiger partial charge in [-0.05, 0) is 19.0 Å². The Labute approximate surface area is 89.6 Å². The zero-order chi connectivity index (χ0) is 10.7. The number of rotatable bonds is 3. The summed E-state index contributed by atoms with van der Waals surface area (Å²) < 4.78 is 10.6. The maximum Gasteiger partial charge on any atom is 0.220 e. The van der Waals surface area contributed by atoms with Crippen LogP contribution in [0.3, 0.4) is 0 Å². The lowest BCUT2D eigenvalue weighted by molar-refractivity contribution is 0.368. The highest BCUT2D eigenvalue weighted by Crippen LogP contribution is 2.36. The Morgan fingerprint density at radius 1 is 1.40 bits per heavy atom. The maximum atomic E-state index is 5.35. The molecule has 0 saturated carbocycles. The highest BCUT2D eigenvalue weighted by Gasteiger charge is 2.24. The summed E-state index contributed by atoms with van der Waals surface area (Å²) in [5.41, 5.74) is 1.09. The lowest BCUT2D eigenvalue weighted by atomic mass is 9.98. The van der Waals surface area contributed by atoms with Crippen molar-refractivity contribution in [1.82, 2.24) is 10.3 Å². The van der Waals surface area contributed by atoms with Crippen molar-refractivity contribution in [3.05, 3.63) is 17.8 Å². The Balaban J connectivity index is 2.39. The molecule has 1 atom stereocenters. The van der Waals surface area contributed by atoms with E-state index in [1.807, 2.05) is 6.07 Å². The van der Waals surface area contributed by atoms with E-state index in [0.29, 0.717) is 11.8 Å². The molecule has 0 spiro atoms. The van der Waals surface area contributed by atoms with Gasteiger partial charge in [-0.15, -0.1) is 0 Å². The zero-order valence-electron chi connectivity index (χ0n) is 9.12. The number of pyridine rings is 1. The molecule has 4 heteroatoms. The van der Waals surface area contributed by atoms with E-state index < -0.39 is 0 Å². The van der Waals surface area contributed by atoms with E-state index in [2.05, 4.69) is 10.3 Å². The van der Waals surface area contributed by atoms with Gasteiger partial charge in [0.1, 0.15) is 5.75 Å². The van der Waals surface area contributed by atoms with Gasteiger partial charge in [-0.1, -0.05) is 0 Å². The van der Waals surface area contributed by atoms with Gasteiger partial charge in [0, 0.05) is 18.7 Å². The molecular formula is C11H16N2O2. The average Bonchev–Trinajstić information content (AvgIpc) is 2.81. The number of nitrogens with zero attached hydrogens (tertiary/aromatic N) is 1. The van der Waals surface area contributed by atoms with Crippen molar-refractivity contribution >= 4 is 0 Å². The van der Waals surface area contributed by atoms with Crippen LogP contribution in [0.1, 0.15) is 17.9 Å². The van der Waals surface area contributed by atoms with Crippen LogP contribution in [0.5, 0.6) is 11.6 Å². The van der Waals surface area contributed by atoms with Crippen molar-refractivity contribution in [3.8, 4) is 11.6 Å². The molecule has 1 aromatic rings. The SMILES string of the molecule is COc1ccnc(OC)c1C1CCNC1. The van der Waals surface area contributed by atoms with Crippen LogP contribution in [-0.2, 0) is 0 Å². The molecule has 4 nitrogen and oxygen atoms in total. The van der Waals surface area contributed by atoms with E-state index >= 15 is 0 Å². The molecule has 2 rings (SSSR count). The van der Waals surface area contributed by atoms with Gasteiger partial charge in [0.2, 0.25) is 5.88 Å². The van der Waals surface area contributed by atoms with Crippen molar-refractivity contribution < 1.29 is 9.47 Å². The maximum absolute atomic E-state index is 5.35. The van der Waals surface area contributed by atoms with Crippen LogP contribution >= 0.6 is 0 Å². The normalized spacial score (nSPS) is 20.3. The van der Waals surface area contributed by atoms with Gasteiger partial charge in [-0.25, -0.2) is 4.98 Å². The van der Waals surface area contributed by atoms with Gasteiger partial charge >= 0.3 is 0 Å². The Kier molecular flexibility index (Phi) is 3.06. The largest absolute Gasteiger partial charge is 0.496 e. The molecule has 0 aliphatic carbocycles. The molecule has 0 amide bonds. The van der Waals surface area contributed by atoms with E-state index in [1.165, 1.54) is 0 Å². The molecule has 0 bridgehead atoms. The van der Waals surface area contributed by atoms with E-state index in [-0.39, 0.29) is 0 Å². The third-order valence-electron chi connectivity index (χ3n) is 2.80. The van der Waals surface area contributed by atoms with Crippen molar-refractivity contribution in [1.29, 1.82) is 0 Å². The summed E-state index contributed by atoms with van der Waals surface area (Å²) in [6.45, 7) is 2.02. The highest BCUT2D eigenvalue weighted by atomic mass is 16.5. The van der Waals surface area contributed by atoms with Crippen LogP contribution in [0.4, 0.5) is 0 Å². The third-order valence-corrected chi connectivity index (χ3v) is 2.80. The van der Waals surface area contributed by atoms with Gasteiger partial charge < -0.3 is 14.8 Å². The van der Waals surface area contributed by atoms with Crippen LogP contribution in [0.2, 0.25) is 0 Å². The first-order valence-corrected chi connectivity index (χ1v) is 5.14. The summed E-state index contributed by atoms with van der Waals surface area (Å²) in [5.74, 6) is 2.00. The summed E-state index contributed by atoms with van der Waals surface area (Å²) >= 11 is 0. The number of methoxy groups -OCH3 is 2. The first-order valence-electron chi connectivity index (χ1n) is 5.14. The minimum absolute atomic E-state index is 0.448. The summed E-state index contributed by atoms with van der Waals surface area (Å²) in [6, 6.07) is 1.89. The molecule has 1 fully saturated rings. The molecule has 1 aliphatic heterocycles. The average molecular weight is 208 g/mol. The standard InChI is InChI=1S/C11H16N2O2/c1-14-9-4-6-13-11(15-2)10(9)8-3-5-12-7-8/h4,6,8,12H,3,5,7H2,1-2H3. The summed E-state index contributed by atoms with van der Waals surface area (Å²) in [7, 11) is 3.33. The first kappa shape index (κ1) is 10.2. The lowest BCUT2D eigenvalue weighted by Gasteiger charge is -2.16. The van der Waals surface area contributed by atoms with Gasteiger partial charge in [-0.2, -0.15) is 0 Å². The summed E-state index contributed by atoms with van der Waals surface area (Å²) in [5, 5.41) is 3.33. The van der Waals surface area contributed by atoms with Gasteiger partial charge in [-0.3, -0.25) is 0 Å². The molecule has 2 heterocycles. The Bertz CT molecular complexity index is 313. The Morgan fingerprint density at radius 3 is 2.87 bits per heavy atom. The predicted octanol–water partition coefficient (Wildman–Crippen LogP) is 1.18. The fraction of sp³-hybridized carbons (Fsp3) is 0.545. The second-order valence-corrected chi connectivity index (χ2v) is 3.63. The molecule has 1 unspecified atom stereocenters. The molecule has 82 valence electrons. The lowest BCUT2D eigenvalue weighted by Crippen LogP contribution is -2.10. The minimum Gasteiger partial charge on any atom is -0.496 e. The molecule has 1 N–H and O–H groups in total. The topological polar surface area (TPSA) is 43.4 Å². The van der Waals surface area contributed by atoms with E-state index in [4.69, 9.17) is 9.47 Å². The predicted molar refractivity (Wildman–Crippen MR) is 57.6 cm³/mol. The number of hydrogen-bond donors (Lipinski definition) is 1. The van der Waals surface area contributed by atoms with Crippen molar-refractivity contribution in [2.75, 3.05) is 27.3 Å². The van der Waals surface area contributed by atoms with Crippen LogP contribution in [0.25, 0.3) is 0 Å². The van der Waals surface area contributed by atoms with E-state index in [1.54, 1.807) is 20.4 Å². The Morgan fingerprint density at radius 2 is 2.27 bits per heavy atom. The number of ether oxygens (including phenoxy) is 2. The van der Waals surface area contributed by atoms with Gasteiger partial charge in [0.25, 0.3) is 0 Å². The number of hydrogen-bond acceptors (Lipinski definition) is 4. The summed E-state index contributed by atoms with van der Waals surface area (Å²) in [6.07, 6.45) is 2.82. The molecule has 0 radical (unpaired) electrons. The second kappa shape index (κ2) is 4.49. The molecule has 1 aliphatic rings. The second-order valence-electron chi connectivity index (χ2n) is 3.63.